The standard InChI is InChI=1S/C24H23N3OS/c28-14-3-4-15-29-24-26-23-22(8-5-13-25-23)27(24)16-18-11-12-20(17-9-10-17)21-7-2-1-6-19(18)21/h1-2,5-8,11-14,17H,3-4,9-10,15-16H2. The third-order valence-corrected chi connectivity index (χ3v) is 6.64. The number of pyridine rings is 1. The molecular formula is C24H23N3OS. The topological polar surface area (TPSA) is 47.8 Å². The van der Waals surface area contributed by atoms with E-state index in [1.165, 1.54) is 34.7 Å². The zero-order valence-corrected chi connectivity index (χ0v) is 17.1. The SMILES string of the molecule is O=CCCCSc1nc2ncccc2n1Cc1ccc(C2CC2)c2ccccc12. The fourth-order valence-electron chi connectivity index (χ4n) is 3.98. The third kappa shape index (κ3) is 3.67. The van der Waals surface area contributed by atoms with Crippen LogP contribution in [0.1, 0.15) is 42.7 Å². The van der Waals surface area contributed by atoms with Crippen molar-refractivity contribution in [2.75, 3.05) is 5.75 Å². The van der Waals surface area contributed by atoms with E-state index in [1.54, 1.807) is 18.0 Å². The number of aldehydes is 1. The summed E-state index contributed by atoms with van der Waals surface area (Å²) in [5, 5.41) is 3.69. The molecule has 0 bridgehead atoms. The van der Waals surface area contributed by atoms with Gasteiger partial charge < -0.3 is 9.36 Å². The van der Waals surface area contributed by atoms with Gasteiger partial charge in [0.1, 0.15) is 6.29 Å². The molecule has 0 spiro atoms. The first-order chi connectivity index (χ1) is 14.3. The van der Waals surface area contributed by atoms with Gasteiger partial charge in [0.25, 0.3) is 0 Å². The molecule has 0 amide bonds. The van der Waals surface area contributed by atoms with E-state index in [0.29, 0.717) is 6.42 Å². The lowest BCUT2D eigenvalue weighted by molar-refractivity contribution is -0.107. The smallest absolute Gasteiger partial charge is 0.178 e. The lowest BCUT2D eigenvalue weighted by Crippen LogP contribution is -2.03. The van der Waals surface area contributed by atoms with Gasteiger partial charge in [-0.15, -0.1) is 0 Å². The number of aromatic nitrogens is 3. The summed E-state index contributed by atoms with van der Waals surface area (Å²) in [5.74, 6) is 1.61. The fourth-order valence-corrected chi connectivity index (χ4v) is 4.94. The summed E-state index contributed by atoms with van der Waals surface area (Å²) < 4.78 is 2.27. The van der Waals surface area contributed by atoms with Crippen molar-refractivity contribution < 1.29 is 4.79 Å². The first-order valence-corrected chi connectivity index (χ1v) is 11.2. The van der Waals surface area contributed by atoms with E-state index in [4.69, 9.17) is 4.98 Å². The summed E-state index contributed by atoms with van der Waals surface area (Å²) in [5.41, 5.74) is 4.64. The van der Waals surface area contributed by atoms with E-state index in [9.17, 15) is 4.79 Å². The van der Waals surface area contributed by atoms with Crippen LogP contribution in [0, 0.1) is 0 Å². The summed E-state index contributed by atoms with van der Waals surface area (Å²) in [6, 6.07) is 17.4. The van der Waals surface area contributed by atoms with Gasteiger partial charge in [0.15, 0.2) is 10.8 Å². The Bertz CT molecular complexity index is 1180. The zero-order valence-electron chi connectivity index (χ0n) is 16.3. The number of carbonyl (C=O) groups is 1. The van der Waals surface area contributed by atoms with Gasteiger partial charge in [0, 0.05) is 18.4 Å². The molecule has 0 aliphatic heterocycles. The van der Waals surface area contributed by atoms with Crippen molar-refractivity contribution in [2.24, 2.45) is 0 Å². The molecule has 4 nitrogen and oxygen atoms in total. The molecule has 0 saturated heterocycles. The van der Waals surface area contributed by atoms with Crippen LogP contribution >= 0.6 is 11.8 Å². The fraction of sp³-hybridized carbons (Fsp3) is 0.292. The molecule has 0 atom stereocenters. The summed E-state index contributed by atoms with van der Waals surface area (Å²) in [7, 11) is 0. The second-order valence-corrected chi connectivity index (χ2v) is 8.68. The minimum Gasteiger partial charge on any atom is -0.313 e. The third-order valence-electron chi connectivity index (χ3n) is 5.58. The van der Waals surface area contributed by atoms with E-state index in [0.717, 1.165) is 47.2 Å². The van der Waals surface area contributed by atoms with Crippen LogP contribution < -0.4 is 0 Å². The highest BCUT2D eigenvalue weighted by Crippen LogP contribution is 2.43. The number of benzene rings is 2. The Morgan fingerprint density at radius 3 is 2.76 bits per heavy atom. The number of thioether (sulfide) groups is 1. The van der Waals surface area contributed by atoms with E-state index in [1.807, 2.05) is 6.07 Å². The monoisotopic (exact) mass is 401 g/mol. The Kier molecular flexibility index (Phi) is 5.06. The molecule has 1 fully saturated rings. The van der Waals surface area contributed by atoms with Gasteiger partial charge in [-0.3, -0.25) is 0 Å². The highest BCUT2D eigenvalue weighted by molar-refractivity contribution is 7.99. The number of hydrogen-bond acceptors (Lipinski definition) is 4. The number of carbonyl (C=O) groups excluding carboxylic acids is 1. The molecule has 2 aromatic carbocycles. The summed E-state index contributed by atoms with van der Waals surface area (Å²) in [4.78, 5) is 19.9. The lowest BCUT2D eigenvalue weighted by atomic mass is 9.97. The second kappa shape index (κ2) is 7.99. The quantitative estimate of drug-likeness (QED) is 0.220. The van der Waals surface area contributed by atoms with Crippen molar-refractivity contribution in [1.82, 2.24) is 14.5 Å². The van der Waals surface area contributed by atoms with E-state index in [2.05, 4.69) is 52.0 Å². The van der Waals surface area contributed by atoms with Crippen molar-refractivity contribution in [3.05, 3.63) is 65.9 Å². The highest BCUT2D eigenvalue weighted by atomic mass is 32.2. The summed E-state index contributed by atoms with van der Waals surface area (Å²) in [6.07, 6.45) is 6.85. The predicted molar refractivity (Wildman–Crippen MR) is 119 cm³/mol. The van der Waals surface area contributed by atoms with Gasteiger partial charge in [-0.25, -0.2) is 9.97 Å². The van der Waals surface area contributed by atoms with Crippen molar-refractivity contribution in [3.63, 3.8) is 0 Å². The largest absolute Gasteiger partial charge is 0.313 e. The Morgan fingerprint density at radius 2 is 1.93 bits per heavy atom. The maximum atomic E-state index is 10.6. The number of hydrogen-bond donors (Lipinski definition) is 0. The molecule has 4 aromatic rings. The Hall–Kier alpha value is -2.66. The number of rotatable bonds is 8. The molecule has 29 heavy (non-hydrogen) atoms. The maximum Gasteiger partial charge on any atom is 0.178 e. The molecule has 1 aliphatic carbocycles. The second-order valence-electron chi connectivity index (χ2n) is 7.62. The normalized spacial score (nSPS) is 13.9. The van der Waals surface area contributed by atoms with E-state index < -0.39 is 0 Å². The van der Waals surface area contributed by atoms with Crippen molar-refractivity contribution in [2.45, 2.75) is 43.3 Å². The molecule has 146 valence electrons. The average molecular weight is 402 g/mol. The maximum absolute atomic E-state index is 10.6. The molecule has 1 saturated carbocycles. The first-order valence-electron chi connectivity index (χ1n) is 10.2. The van der Waals surface area contributed by atoms with Gasteiger partial charge in [-0.1, -0.05) is 48.2 Å². The average Bonchev–Trinajstić information content (AvgIpc) is 3.54. The molecule has 1 aliphatic rings. The van der Waals surface area contributed by atoms with Crippen molar-refractivity contribution >= 4 is 40.0 Å². The van der Waals surface area contributed by atoms with Crippen LogP contribution in [-0.4, -0.2) is 26.6 Å². The van der Waals surface area contributed by atoms with Crippen molar-refractivity contribution in [3.8, 4) is 0 Å². The van der Waals surface area contributed by atoms with Gasteiger partial charge in [0.05, 0.1) is 12.1 Å². The Balaban J connectivity index is 1.54. The lowest BCUT2D eigenvalue weighted by Gasteiger charge is -2.14. The van der Waals surface area contributed by atoms with Gasteiger partial charge in [-0.2, -0.15) is 0 Å². The minimum absolute atomic E-state index is 0.596. The van der Waals surface area contributed by atoms with Crippen LogP contribution in [0.2, 0.25) is 0 Å². The molecule has 0 radical (unpaired) electrons. The van der Waals surface area contributed by atoms with Crippen LogP contribution in [0.25, 0.3) is 21.9 Å². The number of nitrogens with zero attached hydrogens (tertiary/aromatic N) is 3. The van der Waals surface area contributed by atoms with E-state index in [-0.39, 0.29) is 0 Å². The predicted octanol–water partition coefficient (Wildman–Crippen LogP) is 5.58. The van der Waals surface area contributed by atoms with Crippen LogP contribution in [0.4, 0.5) is 0 Å². The van der Waals surface area contributed by atoms with Crippen molar-refractivity contribution in [1.29, 1.82) is 0 Å². The zero-order chi connectivity index (χ0) is 19.6. The molecule has 0 unspecified atom stereocenters. The summed E-state index contributed by atoms with van der Waals surface area (Å²) in [6.45, 7) is 0.768. The molecule has 2 heterocycles. The minimum atomic E-state index is 0.596. The van der Waals surface area contributed by atoms with E-state index >= 15 is 0 Å². The molecule has 2 aromatic heterocycles. The van der Waals surface area contributed by atoms with Crippen LogP contribution in [-0.2, 0) is 11.3 Å². The molecular weight excluding hydrogens is 378 g/mol. The molecule has 5 heteroatoms. The summed E-state index contributed by atoms with van der Waals surface area (Å²) >= 11 is 1.71. The van der Waals surface area contributed by atoms with Crippen LogP contribution in [0.3, 0.4) is 0 Å². The molecule has 0 N–H and O–H groups in total. The number of imidazole rings is 1. The number of fused-ring (bicyclic) bond motifs is 2. The Morgan fingerprint density at radius 1 is 1.07 bits per heavy atom. The van der Waals surface area contributed by atoms with Gasteiger partial charge >= 0.3 is 0 Å². The molecule has 5 rings (SSSR count). The first kappa shape index (κ1) is 18.4. The Labute approximate surface area is 174 Å². The van der Waals surface area contributed by atoms with Crippen LogP contribution in [0.5, 0.6) is 0 Å². The van der Waals surface area contributed by atoms with Gasteiger partial charge in [0.2, 0.25) is 0 Å². The van der Waals surface area contributed by atoms with Gasteiger partial charge in [-0.05, 0) is 59.2 Å². The van der Waals surface area contributed by atoms with Crippen LogP contribution in [0.15, 0.2) is 59.9 Å². The number of unbranched alkanes of at least 4 members (excludes halogenated alkanes) is 1. The highest BCUT2D eigenvalue weighted by Gasteiger charge is 2.25.